The van der Waals surface area contributed by atoms with Gasteiger partial charge in [0.05, 0.1) is 12.5 Å². The van der Waals surface area contributed by atoms with Crippen LogP contribution >= 0.6 is 11.6 Å². The van der Waals surface area contributed by atoms with E-state index in [0.29, 0.717) is 12.8 Å². The third kappa shape index (κ3) is 1.45. The van der Waals surface area contributed by atoms with Crippen molar-refractivity contribution in [2.24, 2.45) is 0 Å². The second kappa shape index (κ2) is 3.63. The van der Waals surface area contributed by atoms with Crippen LogP contribution in [0.5, 0.6) is 5.75 Å². The predicted octanol–water partition coefficient (Wildman–Crippen LogP) is 2.60. The minimum Gasteiger partial charge on any atom is -0.494 e. The van der Waals surface area contributed by atoms with Gasteiger partial charge >= 0.3 is 5.97 Å². The molecular weight excluding hydrogens is 235 g/mol. The van der Waals surface area contributed by atoms with Crippen molar-refractivity contribution >= 4 is 17.6 Å². The summed E-state index contributed by atoms with van der Waals surface area (Å²) < 4.78 is 18.8. The lowest BCUT2D eigenvalue weighted by molar-refractivity contribution is -0.140. The quantitative estimate of drug-likeness (QED) is 0.889. The molecule has 1 fully saturated rings. The largest absolute Gasteiger partial charge is 0.494 e. The lowest BCUT2D eigenvalue weighted by atomic mass is 9.95. The Balaban J connectivity index is 2.60. The zero-order chi connectivity index (χ0) is 11.9. The fourth-order valence-electron chi connectivity index (χ4n) is 1.83. The second-order valence-electron chi connectivity index (χ2n) is 3.83. The van der Waals surface area contributed by atoms with Gasteiger partial charge in [0.15, 0.2) is 11.6 Å². The average Bonchev–Trinajstić information content (AvgIpc) is 2.99. The number of halogens is 2. The monoisotopic (exact) mass is 244 g/mol. The van der Waals surface area contributed by atoms with E-state index in [1.54, 1.807) is 0 Å². The summed E-state index contributed by atoms with van der Waals surface area (Å²) in [6.45, 7) is 0. The topological polar surface area (TPSA) is 46.5 Å². The zero-order valence-electron chi connectivity index (χ0n) is 8.59. The van der Waals surface area contributed by atoms with E-state index >= 15 is 0 Å². The highest BCUT2D eigenvalue weighted by molar-refractivity contribution is 6.32. The summed E-state index contributed by atoms with van der Waals surface area (Å²) in [4.78, 5) is 11.1. The molecular formula is C11H10ClFO3. The zero-order valence-corrected chi connectivity index (χ0v) is 9.34. The van der Waals surface area contributed by atoms with Gasteiger partial charge in [-0.15, -0.1) is 0 Å². The van der Waals surface area contributed by atoms with Gasteiger partial charge in [-0.1, -0.05) is 11.6 Å². The molecule has 2 rings (SSSR count). The molecule has 1 aromatic carbocycles. The molecule has 1 saturated carbocycles. The number of benzene rings is 1. The standard InChI is InChI=1S/C11H10ClFO3/c1-16-7-3-2-6(12)8(9(7)13)11(4-5-11)10(14)15/h2-3H,4-5H2,1H3,(H,14,15). The van der Waals surface area contributed by atoms with E-state index in [1.807, 2.05) is 0 Å². The SMILES string of the molecule is COc1ccc(Cl)c(C2(C(=O)O)CC2)c1F. The molecule has 16 heavy (non-hydrogen) atoms. The molecule has 0 saturated heterocycles. The Bertz CT molecular complexity index is 455. The number of ether oxygens (including phenoxy) is 1. The van der Waals surface area contributed by atoms with Gasteiger partial charge in [0.25, 0.3) is 0 Å². The molecule has 1 aliphatic rings. The molecule has 1 N–H and O–H groups in total. The van der Waals surface area contributed by atoms with E-state index in [9.17, 15) is 9.18 Å². The van der Waals surface area contributed by atoms with Crippen LogP contribution in [0.15, 0.2) is 12.1 Å². The molecule has 86 valence electrons. The lowest BCUT2D eigenvalue weighted by Crippen LogP contribution is -2.21. The minimum atomic E-state index is -1.16. The first-order valence-electron chi connectivity index (χ1n) is 4.79. The van der Waals surface area contributed by atoms with Crippen LogP contribution < -0.4 is 4.74 Å². The number of methoxy groups -OCH3 is 1. The molecule has 0 spiro atoms. The highest BCUT2D eigenvalue weighted by Crippen LogP contribution is 2.52. The third-order valence-electron chi connectivity index (χ3n) is 2.91. The van der Waals surface area contributed by atoms with Crippen LogP contribution in [0.1, 0.15) is 18.4 Å². The van der Waals surface area contributed by atoms with Gasteiger partial charge in [-0.25, -0.2) is 4.39 Å². The number of rotatable bonds is 3. The first-order valence-corrected chi connectivity index (χ1v) is 5.16. The van der Waals surface area contributed by atoms with Crippen molar-refractivity contribution in [2.75, 3.05) is 7.11 Å². The van der Waals surface area contributed by atoms with Crippen LogP contribution in [0.2, 0.25) is 5.02 Å². The number of carbonyl (C=O) groups is 1. The maximum atomic E-state index is 14.0. The van der Waals surface area contributed by atoms with Gasteiger partial charge in [0, 0.05) is 10.6 Å². The minimum absolute atomic E-state index is 0.0203. The molecule has 0 radical (unpaired) electrons. The van der Waals surface area contributed by atoms with Crippen LogP contribution in [0.25, 0.3) is 0 Å². The van der Waals surface area contributed by atoms with Crippen molar-refractivity contribution in [3.05, 3.63) is 28.5 Å². The number of aliphatic carboxylic acids is 1. The Morgan fingerprint density at radius 2 is 2.19 bits per heavy atom. The van der Waals surface area contributed by atoms with Crippen LogP contribution in [-0.4, -0.2) is 18.2 Å². The molecule has 0 aliphatic heterocycles. The summed E-state index contributed by atoms with van der Waals surface area (Å²) >= 11 is 5.87. The molecule has 0 atom stereocenters. The number of carboxylic acids is 1. The number of hydrogen-bond donors (Lipinski definition) is 1. The van der Waals surface area contributed by atoms with Crippen molar-refractivity contribution < 1.29 is 19.0 Å². The van der Waals surface area contributed by atoms with Gasteiger partial charge in [-0.2, -0.15) is 0 Å². The molecule has 1 aromatic rings. The lowest BCUT2D eigenvalue weighted by Gasteiger charge is -2.15. The maximum Gasteiger partial charge on any atom is 0.314 e. The number of hydrogen-bond acceptors (Lipinski definition) is 2. The summed E-state index contributed by atoms with van der Waals surface area (Å²) in [5.41, 5.74) is -1.11. The Labute approximate surface area is 96.8 Å². The first-order chi connectivity index (χ1) is 7.53. The smallest absolute Gasteiger partial charge is 0.314 e. The van der Waals surface area contributed by atoms with Gasteiger partial charge in [0.2, 0.25) is 0 Å². The van der Waals surface area contributed by atoms with E-state index in [0.717, 1.165) is 0 Å². The van der Waals surface area contributed by atoms with Crippen molar-refractivity contribution in [3.63, 3.8) is 0 Å². The number of carboxylic acid groups (broad SMARTS) is 1. The Hall–Kier alpha value is -1.29. The average molecular weight is 245 g/mol. The van der Waals surface area contributed by atoms with Gasteiger partial charge in [-0.05, 0) is 25.0 Å². The molecule has 1 aliphatic carbocycles. The molecule has 5 heteroatoms. The van der Waals surface area contributed by atoms with Crippen molar-refractivity contribution in [1.82, 2.24) is 0 Å². The molecule has 0 unspecified atom stereocenters. The Kier molecular flexibility index (Phi) is 2.54. The van der Waals surface area contributed by atoms with Crippen LogP contribution in [0.3, 0.4) is 0 Å². The Morgan fingerprint density at radius 1 is 1.56 bits per heavy atom. The highest BCUT2D eigenvalue weighted by atomic mass is 35.5. The summed E-state index contributed by atoms with van der Waals surface area (Å²) in [6.07, 6.45) is 0.818. The molecule has 0 heterocycles. The van der Waals surface area contributed by atoms with E-state index in [2.05, 4.69) is 0 Å². The molecule has 3 nitrogen and oxygen atoms in total. The normalized spacial score (nSPS) is 16.9. The van der Waals surface area contributed by atoms with Gasteiger partial charge < -0.3 is 9.84 Å². The summed E-state index contributed by atoms with van der Waals surface area (Å²) in [5.74, 6) is -1.69. The highest BCUT2D eigenvalue weighted by Gasteiger charge is 2.54. The molecule has 0 bridgehead atoms. The first kappa shape index (κ1) is 11.2. The summed E-state index contributed by atoms with van der Waals surface area (Å²) in [5, 5.41) is 9.24. The fraction of sp³-hybridized carbons (Fsp3) is 0.364. The van der Waals surface area contributed by atoms with Crippen LogP contribution in [0.4, 0.5) is 4.39 Å². The van der Waals surface area contributed by atoms with Crippen LogP contribution in [0, 0.1) is 5.82 Å². The Morgan fingerprint density at radius 3 is 2.62 bits per heavy atom. The second-order valence-corrected chi connectivity index (χ2v) is 4.23. The molecule has 0 amide bonds. The van der Waals surface area contributed by atoms with Crippen molar-refractivity contribution in [3.8, 4) is 5.75 Å². The van der Waals surface area contributed by atoms with E-state index in [-0.39, 0.29) is 16.3 Å². The van der Waals surface area contributed by atoms with E-state index in [4.69, 9.17) is 21.4 Å². The fourth-order valence-corrected chi connectivity index (χ4v) is 2.15. The summed E-state index contributed by atoms with van der Waals surface area (Å²) in [7, 11) is 1.33. The van der Waals surface area contributed by atoms with E-state index in [1.165, 1.54) is 19.2 Å². The summed E-state index contributed by atoms with van der Waals surface area (Å²) in [6, 6.07) is 2.85. The van der Waals surface area contributed by atoms with E-state index < -0.39 is 17.2 Å². The van der Waals surface area contributed by atoms with Crippen LogP contribution in [-0.2, 0) is 10.2 Å². The predicted molar refractivity (Wildman–Crippen MR) is 56.5 cm³/mol. The third-order valence-corrected chi connectivity index (χ3v) is 3.23. The van der Waals surface area contributed by atoms with Gasteiger partial charge in [0.1, 0.15) is 0 Å². The maximum absolute atomic E-state index is 14.0. The van der Waals surface area contributed by atoms with Gasteiger partial charge in [-0.3, -0.25) is 4.79 Å². The van der Waals surface area contributed by atoms with Crippen molar-refractivity contribution in [1.29, 1.82) is 0 Å². The van der Waals surface area contributed by atoms with Crippen molar-refractivity contribution in [2.45, 2.75) is 18.3 Å². The molecule has 0 aromatic heterocycles.